The van der Waals surface area contributed by atoms with Crippen molar-refractivity contribution in [3.05, 3.63) is 18.2 Å². The van der Waals surface area contributed by atoms with Crippen molar-refractivity contribution in [3.8, 4) is 11.5 Å². The van der Waals surface area contributed by atoms with Crippen molar-refractivity contribution < 1.29 is 27.8 Å². The molecule has 20 heavy (non-hydrogen) atoms. The second kappa shape index (κ2) is 5.68. The van der Waals surface area contributed by atoms with Gasteiger partial charge in [-0.05, 0) is 18.6 Å². The van der Waals surface area contributed by atoms with Crippen molar-refractivity contribution in [2.75, 3.05) is 13.2 Å². The van der Waals surface area contributed by atoms with E-state index in [0.29, 0.717) is 24.7 Å². The molecule has 1 aliphatic heterocycles. The number of ether oxygens (including phenoxy) is 2. The summed E-state index contributed by atoms with van der Waals surface area (Å²) in [6, 6.07) is 3.01. The molecule has 110 valence electrons. The lowest BCUT2D eigenvalue weighted by atomic mass is 10.2. The van der Waals surface area contributed by atoms with Crippen LogP contribution >= 0.6 is 0 Å². The summed E-state index contributed by atoms with van der Waals surface area (Å²) in [7, 11) is -3.92. The third-order valence-corrected chi connectivity index (χ3v) is 4.30. The maximum atomic E-state index is 12.1. The Bertz CT molecular complexity index is 612. The first kappa shape index (κ1) is 14.6. The quantitative estimate of drug-likeness (QED) is 0.825. The maximum Gasteiger partial charge on any atom is 0.321 e. The van der Waals surface area contributed by atoms with Gasteiger partial charge in [-0.2, -0.15) is 4.72 Å². The van der Waals surface area contributed by atoms with Crippen molar-refractivity contribution in [1.29, 1.82) is 0 Å². The van der Waals surface area contributed by atoms with Crippen LogP contribution in [0.1, 0.15) is 13.3 Å². The molecule has 0 amide bonds. The Morgan fingerprint density at radius 3 is 2.60 bits per heavy atom. The van der Waals surface area contributed by atoms with Gasteiger partial charge in [-0.3, -0.25) is 4.79 Å². The highest BCUT2D eigenvalue weighted by Crippen LogP contribution is 2.32. The number of sulfonamides is 1. The van der Waals surface area contributed by atoms with Crippen molar-refractivity contribution >= 4 is 16.0 Å². The fourth-order valence-corrected chi connectivity index (χ4v) is 3.04. The maximum absolute atomic E-state index is 12.1. The summed E-state index contributed by atoms with van der Waals surface area (Å²) in [5.41, 5.74) is 0. The van der Waals surface area contributed by atoms with Gasteiger partial charge in [0.1, 0.15) is 19.3 Å². The van der Waals surface area contributed by atoms with Crippen LogP contribution in [0.2, 0.25) is 0 Å². The number of benzene rings is 1. The van der Waals surface area contributed by atoms with Gasteiger partial charge in [-0.25, -0.2) is 8.42 Å². The summed E-state index contributed by atoms with van der Waals surface area (Å²) in [6.07, 6.45) is 0.152. The third-order valence-electron chi connectivity index (χ3n) is 2.83. The normalized spacial score (nSPS) is 15.7. The molecular formula is C12H15NO6S. The summed E-state index contributed by atoms with van der Waals surface area (Å²) in [5, 5.41) is 8.90. The predicted molar refractivity (Wildman–Crippen MR) is 69.5 cm³/mol. The van der Waals surface area contributed by atoms with E-state index < -0.39 is 22.0 Å². The number of hydrogen-bond donors (Lipinski definition) is 2. The average molecular weight is 301 g/mol. The topological polar surface area (TPSA) is 102 Å². The minimum absolute atomic E-state index is 0.0542. The monoisotopic (exact) mass is 301 g/mol. The largest absolute Gasteiger partial charge is 0.486 e. The molecule has 2 rings (SSSR count). The molecule has 8 heteroatoms. The van der Waals surface area contributed by atoms with Crippen LogP contribution < -0.4 is 14.2 Å². The average Bonchev–Trinajstić information content (AvgIpc) is 2.44. The van der Waals surface area contributed by atoms with E-state index in [1.165, 1.54) is 18.2 Å². The van der Waals surface area contributed by atoms with E-state index in [-0.39, 0.29) is 11.3 Å². The molecule has 0 unspecified atom stereocenters. The molecule has 0 aliphatic carbocycles. The van der Waals surface area contributed by atoms with Crippen LogP contribution in [0.4, 0.5) is 0 Å². The van der Waals surface area contributed by atoms with Gasteiger partial charge in [-0.1, -0.05) is 6.92 Å². The summed E-state index contributed by atoms with van der Waals surface area (Å²) in [4.78, 5) is 10.8. The highest BCUT2D eigenvalue weighted by atomic mass is 32.2. The van der Waals surface area contributed by atoms with Gasteiger partial charge in [-0.15, -0.1) is 0 Å². The Morgan fingerprint density at radius 1 is 1.35 bits per heavy atom. The summed E-state index contributed by atoms with van der Waals surface area (Å²) in [6.45, 7) is 2.34. The van der Waals surface area contributed by atoms with Gasteiger partial charge in [0.2, 0.25) is 10.0 Å². The van der Waals surface area contributed by atoms with E-state index in [1.54, 1.807) is 6.92 Å². The fraction of sp³-hybridized carbons (Fsp3) is 0.417. The predicted octanol–water partition coefficient (Wildman–Crippen LogP) is 0.599. The summed E-state index contributed by atoms with van der Waals surface area (Å²) in [5.74, 6) is -0.406. The van der Waals surface area contributed by atoms with Crippen LogP contribution in [0.25, 0.3) is 0 Å². The van der Waals surface area contributed by atoms with Gasteiger partial charge >= 0.3 is 5.97 Å². The van der Waals surface area contributed by atoms with Gasteiger partial charge in [0, 0.05) is 6.07 Å². The number of hydrogen-bond acceptors (Lipinski definition) is 5. The van der Waals surface area contributed by atoms with Gasteiger partial charge in [0.05, 0.1) is 4.90 Å². The zero-order chi connectivity index (χ0) is 14.8. The fourth-order valence-electron chi connectivity index (χ4n) is 1.75. The number of fused-ring (bicyclic) bond motifs is 1. The Hall–Kier alpha value is -1.80. The lowest BCUT2D eigenvalue weighted by Gasteiger charge is -2.19. The molecule has 0 bridgehead atoms. The smallest absolute Gasteiger partial charge is 0.321 e. The molecule has 1 aliphatic rings. The Kier molecular flexibility index (Phi) is 4.15. The zero-order valence-electron chi connectivity index (χ0n) is 10.8. The number of nitrogens with one attached hydrogen (secondary N) is 1. The molecule has 1 heterocycles. The Morgan fingerprint density at radius 2 is 2.00 bits per heavy atom. The van der Waals surface area contributed by atoms with E-state index in [4.69, 9.17) is 14.6 Å². The molecule has 7 nitrogen and oxygen atoms in total. The van der Waals surface area contributed by atoms with Gasteiger partial charge < -0.3 is 14.6 Å². The lowest BCUT2D eigenvalue weighted by molar-refractivity contribution is -0.139. The van der Waals surface area contributed by atoms with Crippen LogP contribution in [0.15, 0.2) is 23.1 Å². The SMILES string of the molecule is CC[C@H](NS(=O)(=O)c1ccc2c(c1)OCCO2)C(=O)O. The number of aliphatic carboxylic acids is 1. The number of carboxylic acids is 1. The summed E-state index contributed by atoms with van der Waals surface area (Å²) < 4.78 is 37.0. The highest BCUT2D eigenvalue weighted by molar-refractivity contribution is 7.89. The van der Waals surface area contributed by atoms with Crippen LogP contribution in [0, 0.1) is 0 Å². The van der Waals surface area contributed by atoms with E-state index in [1.807, 2.05) is 0 Å². The molecule has 0 aromatic heterocycles. The molecule has 0 fully saturated rings. The second-order valence-corrected chi connectivity index (χ2v) is 5.94. The Balaban J connectivity index is 2.27. The first-order chi connectivity index (χ1) is 9.44. The minimum Gasteiger partial charge on any atom is -0.486 e. The zero-order valence-corrected chi connectivity index (χ0v) is 11.6. The van der Waals surface area contributed by atoms with E-state index >= 15 is 0 Å². The standard InChI is InChI=1S/C12H15NO6S/c1-2-9(12(14)15)13-20(16,17)8-3-4-10-11(7-8)19-6-5-18-10/h3-4,7,9,13H,2,5-6H2,1H3,(H,14,15)/t9-/m0/s1. The number of carboxylic acid groups (broad SMARTS) is 1. The summed E-state index contributed by atoms with van der Waals surface area (Å²) >= 11 is 0. The molecular weight excluding hydrogens is 286 g/mol. The van der Waals surface area contributed by atoms with Crippen molar-refractivity contribution in [1.82, 2.24) is 4.72 Å². The molecule has 1 aromatic carbocycles. The van der Waals surface area contributed by atoms with Crippen molar-refractivity contribution in [3.63, 3.8) is 0 Å². The van der Waals surface area contributed by atoms with Crippen LogP contribution in [0.5, 0.6) is 11.5 Å². The van der Waals surface area contributed by atoms with Crippen molar-refractivity contribution in [2.24, 2.45) is 0 Å². The van der Waals surface area contributed by atoms with E-state index in [2.05, 4.69) is 4.72 Å². The minimum atomic E-state index is -3.92. The molecule has 0 spiro atoms. The molecule has 0 saturated heterocycles. The Labute approximate surface area is 116 Å². The van der Waals surface area contributed by atoms with E-state index in [9.17, 15) is 13.2 Å². The molecule has 0 radical (unpaired) electrons. The number of carbonyl (C=O) groups is 1. The van der Waals surface area contributed by atoms with Crippen LogP contribution in [0.3, 0.4) is 0 Å². The number of rotatable bonds is 5. The van der Waals surface area contributed by atoms with Crippen molar-refractivity contribution in [2.45, 2.75) is 24.3 Å². The molecule has 1 atom stereocenters. The molecule has 1 aromatic rings. The van der Waals surface area contributed by atoms with Crippen LogP contribution in [-0.4, -0.2) is 38.7 Å². The highest BCUT2D eigenvalue weighted by Gasteiger charge is 2.25. The molecule has 0 saturated carbocycles. The first-order valence-electron chi connectivity index (χ1n) is 6.09. The van der Waals surface area contributed by atoms with Gasteiger partial charge in [0.15, 0.2) is 11.5 Å². The first-order valence-corrected chi connectivity index (χ1v) is 7.57. The van der Waals surface area contributed by atoms with Gasteiger partial charge in [0.25, 0.3) is 0 Å². The third kappa shape index (κ3) is 3.02. The van der Waals surface area contributed by atoms with E-state index in [0.717, 1.165) is 0 Å². The molecule has 2 N–H and O–H groups in total. The second-order valence-electron chi connectivity index (χ2n) is 4.23. The van der Waals surface area contributed by atoms with Crippen LogP contribution in [-0.2, 0) is 14.8 Å². The lowest BCUT2D eigenvalue weighted by Crippen LogP contribution is -2.40.